The Morgan fingerprint density at radius 1 is 1.06 bits per heavy atom. The van der Waals surface area contributed by atoms with Gasteiger partial charge in [0.25, 0.3) is 5.91 Å². The summed E-state index contributed by atoms with van der Waals surface area (Å²) in [4.78, 5) is 17.6. The zero-order valence-electron chi connectivity index (χ0n) is 18.5. The van der Waals surface area contributed by atoms with Crippen LogP contribution in [0.15, 0.2) is 67.0 Å². The fourth-order valence-electron chi connectivity index (χ4n) is 3.41. The first kappa shape index (κ1) is 22.3. The lowest BCUT2D eigenvalue weighted by Crippen LogP contribution is -2.15. The summed E-state index contributed by atoms with van der Waals surface area (Å²) in [5.41, 5.74) is 4.63. The second-order valence-electron chi connectivity index (χ2n) is 7.80. The van der Waals surface area contributed by atoms with E-state index in [1.165, 1.54) is 0 Å². The van der Waals surface area contributed by atoms with Crippen LogP contribution < -0.4 is 14.8 Å². The third-order valence-corrected chi connectivity index (χ3v) is 5.62. The van der Waals surface area contributed by atoms with E-state index < -0.39 is 10.0 Å². The van der Waals surface area contributed by atoms with Gasteiger partial charge in [-0.3, -0.25) is 9.52 Å². The van der Waals surface area contributed by atoms with Crippen LogP contribution in [0.3, 0.4) is 0 Å². The predicted molar refractivity (Wildman–Crippen MR) is 128 cm³/mol. The molecule has 0 atom stereocenters. The first-order valence-corrected chi connectivity index (χ1v) is 12.1. The zero-order valence-corrected chi connectivity index (χ0v) is 19.3. The Morgan fingerprint density at radius 2 is 1.85 bits per heavy atom. The number of imidazole rings is 1. The van der Waals surface area contributed by atoms with Crippen LogP contribution in [0, 0.1) is 13.8 Å². The van der Waals surface area contributed by atoms with E-state index in [9.17, 15) is 13.2 Å². The number of hydrogen-bond acceptors (Lipinski definition) is 5. The third kappa shape index (κ3) is 5.32. The average Bonchev–Trinajstić information content (AvgIpc) is 3.18. The minimum atomic E-state index is -3.44. The number of aryl methyl sites for hydroxylation is 2. The summed E-state index contributed by atoms with van der Waals surface area (Å²) in [7, 11) is -3.44. The molecule has 0 saturated heterocycles. The van der Waals surface area contributed by atoms with Gasteiger partial charge >= 0.3 is 0 Å². The summed E-state index contributed by atoms with van der Waals surface area (Å²) in [5, 5.41) is 2.81. The van der Waals surface area contributed by atoms with Gasteiger partial charge in [0.2, 0.25) is 10.0 Å². The average molecular weight is 465 g/mol. The molecule has 0 fully saturated rings. The molecule has 0 radical (unpaired) electrons. The molecule has 2 heterocycles. The lowest BCUT2D eigenvalue weighted by atomic mass is 10.1. The molecule has 0 bridgehead atoms. The highest BCUT2D eigenvalue weighted by Gasteiger charge is 2.15. The van der Waals surface area contributed by atoms with Crippen LogP contribution in [0.5, 0.6) is 5.75 Å². The number of para-hydroxylation sites is 1. The van der Waals surface area contributed by atoms with Gasteiger partial charge < -0.3 is 14.5 Å². The Hall–Kier alpha value is -3.85. The van der Waals surface area contributed by atoms with Crippen LogP contribution in [0.4, 0.5) is 11.4 Å². The molecule has 0 aliphatic carbocycles. The maximum atomic E-state index is 13.0. The molecule has 4 aromatic rings. The number of hydrogen-bond donors (Lipinski definition) is 2. The molecular weight excluding hydrogens is 440 g/mol. The number of carbonyl (C=O) groups is 1. The summed E-state index contributed by atoms with van der Waals surface area (Å²) in [6.45, 7) is 3.98. The number of nitrogens with zero attached hydrogens (tertiary/aromatic N) is 2. The van der Waals surface area contributed by atoms with Gasteiger partial charge in [-0.2, -0.15) is 0 Å². The fraction of sp³-hybridized carbons (Fsp3) is 0.167. The van der Waals surface area contributed by atoms with Gasteiger partial charge in [-0.15, -0.1) is 0 Å². The number of anilines is 2. The molecule has 33 heavy (non-hydrogen) atoms. The Morgan fingerprint density at radius 3 is 2.61 bits per heavy atom. The number of rotatable bonds is 7. The van der Waals surface area contributed by atoms with Crippen LogP contribution in [0.25, 0.3) is 5.65 Å². The molecule has 4 rings (SSSR count). The maximum Gasteiger partial charge on any atom is 0.259 e. The van der Waals surface area contributed by atoms with Crippen molar-refractivity contribution in [3.05, 3.63) is 89.4 Å². The second kappa shape index (κ2) is 8.95. The van der Waals surface area contributed by atoms with Crippen LogP contribution in [0.1, 0.15) is 27.2 Å². The number of carbonyl (C=O) groups excluding carboxylic acids is 1. The van der Waals surface area contributed by atoms with Gasteiger partial charge in [0.15, 0.2) is 0 Å². The van der Waals surface area contributed by atoms with E-state index in [4.69, 9.17) is 4.74 Å². The summed E-state index contributed by atoms with van der Waals surface area (Å²) < 4.78 is 33.5. The van der Waals surface area contributed by atoms with Crippen LogP contribution >= 0.6 is 0 Å². The van der Waals surface area contributed by atoms with Crippen LogP contribution in [-0.4, -0.2) is 30.0 Å². The highest BCUT2D eigenvalue weighted by atomic mass is 32.2. The molecule has 2 aromatic carbocycles. The first-order valence-electron chi connectivity index (χ1n) is 10.2. The lowest BCUT2D eigenvalue weighted by Gasteiger charge is -2.13. The molecule has 9 heteroatoms. The summed E-state index contributed by atoms with van der Waals surface area (Å²) >= 11 is 0. The number of nitrogens with one attached hydrogen (secondary N) is 2. The molecule has 0 aliphatic rings. The van der Waals surface area contributed by atoms with Crippen molar-refractivity contribution in [3.63, 3.8) is 0 Å². The highest BCUT2D eigenvalue weighted by molar-refractivity contribution is 7.92. The summed E-state index contributed by atoms with van der Waals surface area (Å²) in [6, 6.07) is 15.9. The minimum Gasteiger partial charge on any atom is -0.486 e. The lowest BCUT2D eigenvalue weighted by molar-refractivity contribution is 0.102. The predicted octanol–water partition coefficient (Wildman–Crippen LogP) is 4.15. The van der Waals surface area contributed by atoms with E-state index in [1.54, 1.807) is 49.4 Å². The molecule has 0 saturated carbocycles. The SMILES string of the molecule is Cc1ccc(NC(=O)c2ccccc2OCc2cn3cccc(C)c3n2)cc1NS(C)(=O)=O. The number of sulfonamides is 1. The van der Waals surface area contributed by atoms with E-state index in [0.29, 0.717) is 22.7 Å². The second-order valence-corrected chi connectivity index (χ2v) is 9.55. The number of benzene rings is 2. The fourth-order valence-corrected chi connectivity index (χ4v) is 4.03. The summed E-state index contributed by atoms with van der Waals surface area (Å²) in [6.07, 6.45) is 4.90. The summed E-state index contributed by atoms with van der Waals surface area (Å²) in [5.74, 6) is 0.0518. The quantitative estimate of drug-likeness (QED) is 0.428. The van der Waals surface area contributed by atoms with Gasteiger partial charge in [0.1, 0.15) is 18.0 Å². The number of aromatic nitrogens is 2. The third-order valence-electron chi connectivity index (χ3n) is 5.03. The molecule has 2 N–H and O–H groups in total. The van der Waals surface area contributed by atoms with Crippen molar-refractivity contribution in [2.75, 3.05) is 16.3 Å². The zero-order chi connectivity index (χ0) is 23.6. The topological polar surface area (TPSA) is 102 Å². The Bertz CT molecular complexity index is 1440. The van der Waals surface area contributed by atoms with E-state index in [1.807, 2.05) is 35.9 Å². The van der Waals surface area contributed by atoms with Gasteiger partial charge in [-0.1, -0.05) is 24.3 Å². The Kier molecular flexibility index (Phi) is 6.06. The molecule has 1 amide bonds. The van der Waals surface area contributed by atoms with Crippen molar-refractivity contribution in [1.82, 2.24) is 9.38 Å². The van der Waals surface area contributed by atoms with Crippen molar-refractivity contribution < 1.29 is 17.9 Å². The monoisotopic (exact) mass is 464 g/mol. The van der Waals surface area contributed by atoms with Gasteiger partial charge in [-0.25, -0.2) is 13.4 Å². The van der Waals surface area contributed by atoms with Crippen LogP contribution in [-0.2, 0) is 16.6 Å². The van der Waals surface area contributed by atoms with E-state index in [-0.39, 0.29) is 12.5 Å². The molecule has 0 unspecified atom stereocenters. The van der Waals surface area contributed by atoms with Crippen molar-refractivity contribution in [3.8, 4) is 5.75 Å². The first-order chi connectivity index (χ1) is 15.7. The van der Waals surface area contributed by atoms with Gasteiger partial charge in [0.05, 0.1) is 23.2 Å². The number of pyridine rings is 1. The van der Waals surface area contributed by atoms with Crippen molar-refractivity contribution >= 4 is 33.0 Å². The van der Waals surface area contributed by atoms with E-state index in [2.05, 4.69) is 15.0 Å². The van der Waals surface area contributed by atoms with Crippen molar-refractivity contribution in [1.29, 1.82) is 0 Å². The molecular formula is C24H24N4O4S. The van der Waals surface area contributed by atoms with Gasteiger partial charge in [0, 0.05) is 18.1 Å². The van der Waals surface area contributed by atoms with Gasteiger partial charge in [-0.05, 0) is 55.3 Å². The Labute approximate surface area is 192 Å². The maximum absolute atomic E-state index is 13.0. The molecule has 0 aliphatic heterocycles. The van der Waals surface area contributed by atoms with Crippen molar-refractivity contribution in [2.24, 2.45) is 0 Å². The minimum absolute atomic E-state index is 0.207. The molecule has 170 valence electrons. The molecule has 0 spiro atoms. The molecule has 2 aromatic heterocycles. The van der Waals surface area contributed by atoms with E-state index >= 15 is 0 Å². The number of ether oxygens (including phenoxy) is 1. The standard InChI is InChI=1S/C24H24N4O4S/c1-16-10-11-18(13-21(16)27-33(3,30)31)26-24(29)20-8-4-5-9-22(20)32-15-19-14-28-12-6-7-17(2)23(28)25-19/h4-14,27H,15H2,1-3H3,(H,26,29). The van der Waals surface area contributed by atoms with Crippen LogP contribution in [0.2, 0.25) is 0 Å². The number of fused-ring (bicyclic) bond motifs is 1. The Balaban J connectivity index is 1.51. The smallest absolute Gasteiger partial charge is 0.259 e. The van der Waals surface area contributed by atoms with Crippen molar-refractivity contribution in [2.45, 2.75) is 20.5 Å². The van der Waals surface area contributed by atoms with E-state index in [0.717, 1.165) is 28.7 Å². The highest BCUT2D eigenvalue weighted by Crippen LogP contribution is 2.24. The normalized spacial score (nSPS) is 11.4. The number of amides is 1. The molecule has 8 nitrogen and oxygen atoms in total. The largest absolute Gasteiger partial charge is 0.486 e.